The molecule has 22 heavy (non-hydrogen) atoms. The van der Waals surface area contributed by atoms with E-state index in [1.165, 1.54) is 0 Å². The van der Waals surface area contributed by atoms with Crippen molar-refractivity contribution in [2.24, 2.45) is 12.0 Å². The number of ether oxygens (including phenoxy) is 1. The Hall–Kier alpha value is -2.63. The van der Waals surface area contributed by atoms with E-state index in [9.17, 15) is 4.79 Å². The highest BCUT2D eigenvalue weighted by Gasteiger charge is 2.27. The lowest BCUT2D eigenvalue weighted by Crippen LogP contribution is -2.05. The van der Waals surface area contributed by atoms with Gasteiger partial charge in [0, 0.05) is 18.8 Å². The molecule has 0 fully saturated rings. The summed E-state index contributed by atoms with van der Waals surface area (Å²) < 4.78 is 12.4. The van der Waals surface area contributed by atoms with Crippen LogP contribution in [0, 0.1) is 13.8 Å². The minimum atomic E-state index is -0.459. The number of cyclic esters (lactones) is 1. The highest BCUT2D eigenvalue weighted by atomic mass is 16.6. The Labute approximate surface area is 128 Å². The van der Waals surface area contributed by atoms with Gasteiger partial charge in [-0.25, -0.2) is 9.79 Å². The largest absolute Gasteiger partial charge is 0.466 e. The highest BCUT2D eigenvalue weighted by molar-refractivity contribution is 6.13. The molecule has 6 nitrogen and oxygen atoms in total. The van der Waals surface area contributed by atoms with E-state index in [1.54, 1.807) is 10.8 Å². The average Bonchev–Trinajstić information content (AvgIpc) is 3.09. The Morgan fingerprint density at radius 2 is 2.14 bits per heavy atom. The van der Waals surface area contributed by atoms with Crippen molar-refractivity contribution in [1.82, 2.24) is 9.78 Å². The Morgan fingerprint density at radius 3 is 2.77 bits per heavy atom. The summed E-state index contributed by atoms with van der Waals surface area (Å²) in [6.07, 6.45) is 4.36. The summed E-state index contributed by atoms with van der Waals surface area (Å²) >= 11 is 0. The first-order valence-corrected chi connectivity index (χ1v) is 7.10. The molecule has 2 aromatic heterocycles. The molecule has 0 amide bonds. The fourth-order valence-corrected chi connectivity index (χ4v) is 2.46. The standard InChI is InChI=1S/C16H17N3O3/c1-5-13-11(8-19(4)18-13)7-14-16(20)22-15(17-14)12-6-9(2)21-10(12)3/h6-8H,5H2,1-4H3. The van der Waals surface area contributed by atoms with Gasteiger partial charge in [-0.05, 0) is 32.4 Å². The maximum absolute atomic E-state index is 12.0. The van der Waals surface area contributed by atoms with Gasteiger partial charge in [-0.1, -0.05) is 6.92 Å². The van der Waals surface area contributed by atoms with Gasteiger partial charge >= 0.3 is 5.97 Å². The predicted molar refractivity (Wildman–Crippen MR) is 81.4 cm³/mol. The van der Waals surface area contributed by atoms with Crippen LogP contribution in [0.15, 0.2) is 27.4 Å². The summed E-state index contributed by atoms with van der Waals surface area (Å²) in [4.78, 5) is 16.3. The molecule has 0 spiro atoms. The van der Waals surface area contributed by atoms with E-state index in [4.69, 9.17) is 9.15 Å². The van der Waals surface area contributed by atoms with Gasteiger partial charge in [0.1, 0.15) is 11.5 Å². The SMILES string of the molecule is CCc1nn(C)cc1C=C1N=C(c2cc(C)oc2C)OC1=O. The molecule has 3 rings (SSSR count). The third-order valence-corrected chi connectivity index (χ3v) is 3.46. The zero-order valence-corrected chi connectivity index (χ0v) is 13.0. The molecular formula is C16H17N3O3. The van der Waals surface area contributed by atoms with Crippen molar-refractivity contribution in [2.45, 2.75) is 27.2 Å². The third kappa shape index (κ3) is 2.47. The van der Waals surface area contributed by atoms with Crippen molar-refractivity contribution in [3.63, 3.8) is 0 Å². The van der Waals surface area contributed by atoms with E-state index in [1.807, 2.05) is 40.1 Å². The number of aliphatic imine (C=N–C) groups is 1. The van der Waals surface area contributed by atoms with Crippen molar-refractivity contribution in [1.29, 1.82) is 0 Å². The molecule has 3 heterocycles. The second kappa shape index (κ2) is 5.29. The Balaban J connectivity index is 1.99. The fourth-order valence-electron chi connectivity index (χ4n) is 2.46. The molecule has 114 valence electrons. The number of hydrogen-bond donors (Lipinski definition) is 0. The van der Waals surface area contributed by atoms with Crippen LogP contribution in [-0.2, 0) is 23.0 Å². The van der Waals surface area contributed by atoms with E-state index in [2.05, 4.69) is 10.1 Å². The summed E-state index contributed by atoms with van der Waals surface area (Å²) in [5.41, 5.74) is 2.77. The molecule has 6 heteroatoms. The minimum Gasteiger partial charge on any atom is -0.466 e. The quantitative estimate of drug-likeness (QED) is 0.645. The number of aromatic nitrogens is 2. The van der Waals surface area contributed by atoms with Crippen molar-refractivity contribution in [2.75, 3.05) is 0 Å². The summed E-state index contributed by atoms with van der Waals surface area (Å²) in [5.74, 6) is 1.26. The molecule has 0 unspecified atom stereocenters. The summed E-state index contributed by atoms with van der Waals surface area (Å²) in [6.45, 7) is 5.67. The first-order valence-electron chi connectivity index (χ1n) is 7.10. The second-order valence-corrected chi connectivity index (χ2v) is 5.22. The van der Waals surface area contributed by atoms with Gasteiger partial charge in [-0.3, -0.25) is 4.68 Å². The number of rotatable bonds is 3. The summed E-state index contributed by atoms with van der Waals surface area (Å²) in [6, 6.07) is 1.81. The lowest BCUT2D eigenvalue weighted by molar-refractivity contribution is -0.129. The number of hydrogen-bond acceptors (Lipinski definition) is 5. The normalized spacial score (nSPS) is 16.3. The highest BCUT2D eigenvalue weighted by Crippen LogP contribution is 2.23. The number of carbonyl (C=O) groups is 1. The first-order chi connectivity index (χ1) is 10.5. The second-order valence-electron chi connectivity index (χ2n) is 5.22. The molecular weight excluding hydrogens is 282 g/mol. The van der Waals surface area contributed by atoms with Crippen molar-refractivity contribution in [3.05, 3.63) is 46.3 Å². The number of esters is 1. The van der Waals surface area contributed by atoms with Crippen molar-refractivity contribution < 1.29 is 13.9 Å². The van der Waals surface area contributed by atoms with Gasteiger partial charge in [-0.2, -0.15) is 5.10 Å². The zero-order chi connectivity index (χ0) is 15.9. The molecule has 1 aliphatic rings. The number of aryl methyl sites for hydroxylation is 4. The van der Waals surface area contributed by atoms with Gasteiger partial charge < -0.3 is 9.15 Å². The maximum Gasteiger partial charge on any atom is 0.363 e. The molecule has 0 aliphatic carbocycles. The van der Waals surface area contributed by atoms with Crippen LogP contribution in [0.1, 0.15) is 35.3 Å². The topological polar surface area (TPSA) is 69.6 Å². The van der Waals surface area contributed by atoms with Crippen LogP contribution in [-0.4, -0.2) is 21.6 Å². The summed E-state index contributed by atoms with van der Waals surface area (Å²) in [5, 5.41) is 4.35. The van der Waals surface area contributed by atoms with E-state index < -0.39 is 5.97 Å². The molecule has 0 atom stereocenters. The van der Waals surface area contributed by atoms with Gasteiger partial charge in [0.05, 0.1) is 11.3 Å². The minimum absolute atomic E-state index is 0.274. The molecule has 2 aromatic rings. The molecule has 1 aliphatic heterocycles. The van der Waals surface area contributed by atoms with E-state index >= 15 is 0 Å². The molecule has 0 aromatic carbocycles. The first kappa shape index (κ1) is 14.3. The monoisotopic (exact) mass is 299 g/mol. The van der Waals surface area contributed by atoms with Crippen LogP contribution in [0.5, 0.6) is 0 Å². The van der Waals surface area contributed by atoms with Crippen LogP contribution in [0.4, 0.5) is 0 Å². The van der Waals surface area contributed by atoms with E-state index in [-0.39, 0.29) is 11.6 Å². The number of furan rings is 1. The number of nitrogens with zero attached hydrogens (tertiary/aromatic N) is 3. The van der Waals surface area contributed by atoms with Gasteiger partial charge in [0.15, 0.2) is 5.70 Å². The number of carbonyl (C=O) groups excluding carboxylic acids is 1. The van der Waals surface area contributed by atoms with E-state index in [0.29, 0.717) is 11.3 Å². The van der Waals surface area contributed by atoms with Gasteiger partial charge in [-0.15, -0.1) is 0 Å². The van der Waals surface area contributed by atoms with Crippen molar-refractivity contribution in [3.8, 4) is 0 Å². The van der Waals surface area contributed by atoms with Gasteiger partial charge in [0.25, 0.3) is 0 Å². The Kier molecular flexibility index (Phi) is 3.44. The molecule has 0 saturated heterocycles. The zero-order valence-electron chi connectivity index (χ0n) is 13.0. The molecule has 0 bridgehead atoms. The smallest absolute Gasteiger partial charge is 0.363 e. The average molecular weight is 299 g/mol. The molecule has 0 radical (unpaired) electrons. The van der Waals surface area contributed by atoms with E-state index in [0.717, 1.165) is 23.4 Å². The molecule has 0 N–H and O–H groups in total. The van der Waals surface area contributed by atoms with Crippen LogP contribution < -0.4 is 0 Å². The van der Waals surface area contributed by atoms with Crippen LogP contribution in [0.3, 0.4) is 0 Å². The van der Waals surface area contributed by atoms with Gasteiger partial charge in [0.2, 0.25) is 5.90 Å². The lowest BCUT2D eigenvalue weighted by atomic mass is 10.2. The van der Waals surface area contributed by atoms with Crippen molar-refractivity contribution >= 4 is 17.9 Å². The fraction of sp³-hybridized carbons (Fsp3) is 0.312. The lowest BCUT2D eigenvalue weighted by Gasteiger charge is -1.95. The summed E-state index contributed by atoms with van der Waals surface area (Å²) in [7, 11) is 1.85. The maximum atomic E-state index is 12.0. The van der Waals surface area contributed by atoms with Crippen LogP contribution in [0.25, 0.3) is 6.08 Å². The predicted octanol–water partition coefficient (Wildman–Crippen LogP) is 2.54. The Morgan fingerprint density at radius 1 is 1.36 bits per heavy atom. The van der Waals surface area contributed by atoms with Crippen LogP contribution in [0.2, 0.25) is 0 Å². The molecule has 0 saturated carbocycles. The third-order valence-electron chi connectivity index (χ3n) is 3.46. The Bertz CT molecular complexity index is 809. The van der Waals surface area contributed by atoms with Crippen LogP contribution >= 0.6 is 0 Å².